The Kier molecular flexibility index (Phi) is 8.00. The van der Waals surface area contributed by atoms with Crippen molar-refractivity contribution in [3.63, 3.8) is 0 Å². The summed E-state index contributed by atoms with van der Waals surface area (Å²) in [5, 5.41) is 3.54. The van der Waals surface area contributed by atoms with Crippen LogP contribution in [-0.2, 0) is 6.54 Å². The van der Waals surface area contributed by atoms with Crippen molar-refractivity contribution in [2.24, 2.45) is 4.99 Å². The van der Waals surface area contributed by atoms with Gasteiger partial charge in [-0.15, -0.1) is 0 Å². The fourth-order valence-corrected chi connectivity index (χ4v) is 3.69. The van der Waals surface area contributed by atoms with Crippen LogP contribution in [0, 0.1) is 0 Å². The Morgan fingerprint density at radius 1 is 1.14 bits per heavy atom. The van der Waals surface area contributed by atoms with Gasteiger partial charge in [0.05, 0.1) is 0 Å². The van der Waals surface area contributed by atoms with Gasteiger partial charge in [0.1, 0.15) is 0 Å². The number of rotatable bonds is 8. The zero-order valence-corrected chi connectivity index (χ0v) is 18.5. The molecule has 7 nitrogen and oxygen atoms in total. The molecule has 2 heterocycles. The van der Waals surface area contributed by atoms with Gasteiger partial charge >= 0.3 is 0 Å². The molecule has 0 unspecified atom stereocenters. The average Bonchev–Trinajstić information content (AvgIpc) is 3.19. The summed E-state index contributed by atoms with van der Waals surface area (Å²) < 4.78 is 10.9. The molecular formula is C22H37N5O2. The molecule has 1 saturated heterocycles. The predicted molar refractivity (Wildman–Crippen MR) is 118 cm³/mol. The van der Waals surface area contributed by atoms with Crippen molar-refractivity contribution in [1.82, 2.24) is 20.0 Å². The summed E-state index contributed by atoms with van der Waals surface area (Å²) in [6, 6.07) is 6.87. The zero-order chi connectivity index (χ0) is 20.6. The average molecular weight is 404 g/mol. The molecule has 0 aromatic heterocycles. The Labute approximate surface area is 175 Å². The van der Waals surface area contributed by atoms with E-state index < -0.39 is 0 Å². The molecule has 2 aliphatic rings. The number of aliphatic imine (C=N–C) groups is 1. The SMILES string of the molecule is CN=C(NCCCCN(C)C(C)C)N1CCN(Cc2ccc3c(c2)OCO3)CC1. The number of hydrogen-bond donors (Lipinski definition) is 1. The van der Waals surface area contributed by atoms with Gasteiger partial charge in [-0.2, -0.15) is 0 Å². The largest absolute Gasteiger partial charge is 0.454 e. The summed E-state index contributed by atoms with van der Waals surface area (Å²) in [5.41, 5.74) is 1.27. The molecule has 0 saturated carbocycles. The number of unbranched alkanes of at least 4 members (excludes halogenated alkanes) is 1. The van der Waals surface area contributed by atoms with Gasteiger partial charge in [0, 0.05) is 52.4 Å². The highest BCUT2D eigenvalue weighted by atomic mass is 16.7. The maximum Gasteiger partial charge on any atom is 0.231 e. The van der Waals surface area contributed by atoms with E-state index in [4.69, 9.17) is 9.47 Å². The Morgan fingerprint density at radius 3 is 2.62 bits per heavy atom. The van der Waals surface area contributed by atoms with Crippen molar-refractivity contribution >= 4 is 5.96 Å². The fraction of sp³-hybridized carbons (Fsp3) is 0.682. The topological polar surface area (TPSA) is 52.6 Å². The molecule has 0 bridgehead atoms. The standard InChI is InChI=1S/C22H37N5O2/c1-18(2)25(4)10-6-5-9-24-22(23-3)27-13-11-26(12-14-27)16-19-7-8-20-21(15-19)29-17-28-20/h7-8,15,18H,5-6,9-14,16-17H2,1-4H3,(H,23,24). The van der Waals surface area contributed by atoms with Gasteiger partial charge in [0.15, 0.2) is 17.5 Å². The molecule has 0 atom stereocenters. The lowest BCUT2D eigenvalue weighted by Crippen LogP contribution is -2.52. The molecule has 1 N–H and O–H groups in total. The monoisotopic (exact) mass is 403 g/mol. The minimum atomic E-state index is 0.331. The van der Waals surface area contributed by atoms with E-state index in [9.17, 15) is 0 Å². The quantitative estimate of drug-likeness (QED) is 0.408. The summed E-state index contributed by atoms with van der Waals surface area (Å²) in [7, 11) is 4.08. The van der Waals surface area contributed by atoms with E-state index in [0.29, 0.717) is 12.8 Å². The summed E-state index contributed by atoms with van der Waals surface area (Å²) in [6.45, 7) is 12.0. The van der Waals surface area contributed by atoms with E-state index in [1.54, 1.807) is 0 Å². The third-order valence-electron chi connectivity index (χ3n) is 5.83. The molecule has 3 rings (SSSR count). The highest BCUT2D eigenvalue weighted by Crippen LogP contribution is 2.32. The fourth-order valence-electron chi connectivity index (χ4n) is 3.69. The van der Waals surface area contributed by atoms with Crippen LogP contribution in [0.25, 0.3) is 0 Å². The highest BCUT2D eigenvalue weighted by molar-refractivity contribution is 5.79. The highest BCUT2D eigenvalue weighted by Gasteiger charge is 2.20. The first-order chi connectivity index (χ1) is 14.1. The first kappa shape index (κ1) is 21.7. The Hall–Kier alpha value is -1.99. The lowest BCUT2D eigenvalue weighted by molar-refractivity contribution is 0.171. The molecule has 1 fully saturated rings. The molecular weight excluding hydrogens is 366 g/mol. The second-order valence-corrected chi connectivity index (χ2v) is 8.21. The number of benzene rings is 1. The van der Waals surface area contributed by atoms with Gasteiger partial charge in [-0.3, -0.25) is 9.89 Å². The number of nitrogens with one attached hydrogen (secondary N) is 1. The van der Waals surface area contributed by atoms with E-state index in [1.165, 1.54) is 18.4 Å². The van der Waals surface area contributed by atoms with Crippen molar-refractivity contribution < 1.29 is 9.47 Å². The van der Waals surface area contributed by atoms with Gasteiger partial charge in [-0.1, -0.05) is 6.07 Å². The van der Waals surface area contributed by atoms with Crippen molar-refractivity contribution in [1.29, 1.82) is 0 Å². The Balaban J connectivity index is 1.36. The van der Waals surface area contributed by atoms with Crippen molar-refractivity contribution in [3.05, 3.63) is 23.8 Å². The third-order valence-corrected chi connectivity index (χ3v) is 5.83. The number of hydrogen-bond acceptors (Lipinski definition) is 5. The van der Waals surface area contributed by atoms with Crippen LogP contribution in [0.1, 0.15) is 32.3 Å². The van der Waals surface area contributed by atoms with E-state index >= 15 is 0 Å². The van der Waals surface area contributed by atoms with Crippen LogP contribution >= 0.6 is 0 Å². The van der Waals surface area contributed by atoms with E-state index in [0.717, 1.165) is 63.3 Å². The minimum Gasteiger partial charge on any atom is -0.454 e. The minimum absolute atomic E-state index is 0.331. The number of nitrogens with zero attached hydrogens (tertiary/aromatic N) is 4. The third kappa shape index (κ3) is 6.24. The number of piperazine rings is 1. The van der Waals surface area contributed by atoms with Crippen LogP contribution in [0.4, 0.5) is 0 Å². The number of fused-ring (bicyclic) bond motifs is 1. The summed E-state index contributed by atoms with van der Waals surface area (Å²) in [4.78, 5) is 11.8. The first-order valence-electron chi connectivity index (χ1n) is 10.8. The lowest BCUT2D eigenvalue weighted by atomic mass is 10.1. The smallest absolute Gasteiger partial charge is 0.231 e. The molecule has 0 radical (unpaired) electrons. The van der Waals surface area contributed by atoms with Crippen LogP contribution in [0.5, 0.6) is 11.5 Å². The lowest BCUT2D eigenvalue weighted by Gasteiger charge is -2.36. The molecule has 0 spiro atoms. The zero-order valence-electron chi connectivity index (χ0n) is 18.5. The molecule has 1 aromatic carbocycles. The van der Waals surface area contributed by atoms with Crippen LogP contribution < -0.4 is 14.8 Å². The maximum atomic E-state index is 5.50. The number of guanidine groups is 1. The van der Waals surface area contributed by atoms with E-state index in [1.807, 2.05) is 13.1 Å². The maximum absolute atomic E-state index is 5.50. The Morgan fingerprint density at radius 2 is 1.90 bits per heavy atom. The molecule has 2 aliphatic heterocycles. The van der Waals surface area contributed by atoms with Gasteiger partial charge < -0.3 is 24.6 Å². The van der Waals surface area contributed by atoms with Gasteiger partial charge in [-0.05, 0) is 58.0 Å². The molecule has 29 heavy (non-hydrogen) atoms. The molecule has 7 heteroatoms. The second-order valence-electron chi connectivity index (χ2n) is 8.21. The van der Waals surface area contributed by atoms with E-state index in [2.05, 4.69) is 58.0 Å². The summed E-state index contributed by atoms with van der Waals surface area (Å²) in [5.74, 6) is 2.75. The molecule has 0 aliphatic carbocycles. The van der Waals surface area contributed by atoms with Crippen molar-refractivity contribution in [2.45, 2.75) is 39.3 Å². The van der Waals surface area contributed by atoms with Crippen molar-refractivity contribution in [2.75, 3.05) is 60.2 Å². The van der Waals surface area contributed by atoms with Gasteiger partial charge in [0.25, 0.3) is 0 Å². The first-order valence-corrected chi connectivity index (χ1v) is 10.8. The molecule has 1 aromatic rings. The Bertz CT molecular complexity index is 671. The van der Waals surface area contributed by atoms with Crippen LogP contribution in [0.3, 0.4) is 0 Å². The predicted octanol–water partition coefficient (Wildman–Crippen LogP) is 2.23. The van der Waals surface area contributed by atoms with Gasteiger partial charge in [0.2, 0.25) is 6.79 Å². The van der Waals surface area contributed by atoms with Gasteiger partial charge in [-0.25, -0.2) is 0 Å². The van der Waals surface area contributed by atoms with Crippen molar-refractivity contribution in [3.8, 4) is 11.5 Å². The summed E-state index contributed by atoms with van der Waals surface area (Å²) >= 11 is 0. The molecule has 0 amide bonds. The number of ether oxygens (including phenoxy) is 2. The summed E-state index contributed by atoms with van der Waals surface area (Å²) in [6.07, 6.45) is 2.38. The normalized spacial score (nSPS) is 17.4. The molecule has 162 valence electrons. The van der Waals surface area contributed by atoms with Crippen LogP contribution in [-0.4, -0.2) is 86.9 Å². The second kappa shape index (κ2) is 10.7. The van der Waals surface area contributed by atoms with Crippen LogP contribution in [0.2, 0.25) is 0 Å². The van der Waals surface area contributed by atoms with E-state index in [-0.39, 0.29) is 0 Å². The van der Waals surface area contributed by atoms with Crippen LogP contribution in [0.15, 0.2) is 23.2 Å².